The van der Waals surface area contributed by atoms with Gasteiger partial charge in [0, 0.05) is 16.5 Å². The van der Waals surface area contributed by atoms with Crippen molar-refractivity contribution in [3.8, 4) is 33.8 Å². The largest absolute Gasteiger partial charge is 0.457 e. The maximum Gasteiger partial charge on any atom is 0.206 e. The minimum Gasteiger partial charge on any atom is -0.457 e. The van der Waals surface area contributed by atoms with Crippen molar-refractivity contribution in [2.45, 2.75) is 29.1 Å². The van der Waals surface area contributed by atoms with Crippen LogP contribution in [0, 0.1) is 0 Å². The molecule has 182 valence electrons. The Kier molecular flexibility index (Phi) is 5.50. The van der Waals surface area contributed by atoms with Gasteiger partial charge in [-0.05, 0) is 58.7 Å². The summed E-state index contributed by atoms with van der Waals surface area (Å²) in [6.45, 7) is 4.42. The molecule has 0 saturated carbocycles. The number of hydrogen-bond donors (Lipinski definition) is 0. The van der Waals surface area contributed by atoms with E-state index in [0.717, 1.165) is 44.9 Å². The van der Waals surface area contributed by atoms with E-state index in [0.29, 0.717) is 0 Å². The van der Waals surface area contributed by atoms with Gasteiger partial charge in [-0.1, -0.05) is 98.8 Å². The highest BCUT2D eigenvalue weighted by atomic mass is 32.2. The maximum absolute atomic E-state index is 13.2. The second-order valence-electron chi connectivity index (χ2n) is 9.86. The first-order valence-corrected chi connectivity index (χ1v) is 13.8. The Bertz CT molecular complexity index is 1720. The van der Waals surface area contributed by atoms with Crippen LogP contribution in [0.1, 0.15) is 25.0 Å². The third-order valence-corrected chi connectivity index (χ3v) is 8.94. The lowest BCUT2D eigenvalue weighted by Crippen LogP contribution is -2.24. The van der Waals surface area contributed by atoms with Gasteiger partial charge in [0.15, 0.2) is 0 Å². The smallest absolute Gasteiger partial charge is 0.206 e. The third-order valence-electron chi connectivity index (χ3n) is 7.17. The van der Waals surface area contributed by atoms with Crippen molar-refractivity contribution >= 4 is 9.84 Å². The number of benzene rings is 5. The molecule has 0 N–H and O–H groups in total. The van der Waals surface area contributed by atoms with Crippen molar-refractivity contribution in [1.82, 2.24) is 0 Å². The standard InChI is InChI=1S/C33H26O3S/c1-33(2)29-18-16-25(23-10-5-3-6-11-23)21-31(29)36-32-22-26(17-19-30(32)33)24-12-9-15-28(20-24)37(34,35)27-13-7-4-8-14-27/h3-22H,1-2H3. The fourth-order valence-corrected chi connectivity index (χ4v) is 6.41. The van der Waals surface area contributed by atoms with Crippen LogP contribution < -0.4 is 4.74 Å². The maximum atomic E-state index is 13.2. The number of rotatable bonds is 4. The number of hydrogen-bond acceptors (Lipinski definition) is 3. The summed E-state index contributed by atoms with van der Waals surface area (Å²) >= 11 is 0. The van der Waals surface area contributed by atoms with Crippen LogP contribution in [0.4, 0.5) is 0 Å². The van der Waals surface area contributed by atoms with Crippen LogP contribution in [0.2, 0.25) is 0 Å². The summed E-state index contributed by atoms with van der Waals surface area (Å²) in [5.74, 6) is 1.63. The Morgan fingerprint density at radius 1 is 0.514 bits per heavy atom. The molecule has 1 aliphatic rings. The monoisotopic (exact) mass is 502 g/mol. The topological polar surface area (TPSA) is 43.4 Å². The van der Waals surface area contributed by atoms with E-state index < -0.39 is 9.84 Å². The van der Waals surface area contributed by atoms with Gasteiger partial charge in [-0.25, -0.2) is 8.42 Å². The second kappa shape index (κ2) is 8.75. The predicted molar refractivity (Wildman–Crippen MR) is 148 cm³/mol. The number of ether oxygens (including phenoxy) is 1. The van der Waals surface area contributed by atoms with Crippen LogP contribution in [-0.4, -0.2) is 8.42 Å². The molecule has 0 atom stereocenters. The molecule has 0 bridgehead atoms. The van der Waals surface area contributed by atoms with Crippen molar-refractivity contribution < 1.29 is 13.2 Å². The summed E-state index contributed by atoms with van der Waals surface area (Å²) in [6, 6.07) is 38.5. The minimum absolute atomic E-state index is 0.241. The average Bonchev–Trinajstić information content (AvgIpc) is 2.93. The van der Waals surface area contributed by atoms with Crippen LogP contribution in [0.25, 0.3) is 22.3 Å². The summed E-state index contributed by atoms with van der Waals surface area (Å²) in [7, 11) is -3.61. The second-order valence-corrected chi connectivity index (χ2v) is 11.8. The average molecular weight is 503 g/mol. The van der Waals surface area contributed by atoms with E-state index in [-0.39, 0.29) is 15.2 Å². The molecule has 0 aromatic heterocycles. The van der Waals surface area contributed by atoms with Crippen LogP contribution >= 0.6 is 0 Å². The first-order chi connectivity index (χ1) is 17.8. The molecule has 0 spiro atoms. The van der Waals surface area contributed by atoms with E-state index in [1.807, 2.05) is 42.5 Å². The van der Waals surface area contributed by atoms with Gasteiger partial charge in [0.2, 0.25) is 9.84 Å². The minimum atomic E-state index is -3.61. The van der Waals surface area contributed by atoms with E-state index in [4.69, 9.17) is 4.74 Å². The van der Waals surface area contributed by atoms with Gasteiger partial charge in [0.25, 0.3) is 0 Å². The summed E-state index contributed by atoms with van der Waals surface area (Å²) in [5, 5.41) is 0. The Hall–Kier alpha value is -4.15. The van der Waals surface area contributed by atoms with Crippen molar-refractivity contribution in [1.29, 1.82) is 0 Å². The molecule has 3 nitrogen and oxygen atoms in total. The van der Waals surface area contributed by atoms with Gasteiger partial charge in [-0.2, -0.15) is 0 Å². The molecule has 0 radical (unpaired) electrons. The van der Waals surface area contributed by atoms with Crippen LogP contribution in [0.15, 0.2) is 131 Å². The molecule has 6 rings (SSSR count). The zero-order valence-corrected chi connectivity index (χ0v) is 21.5. The van der Waals surface area contributed by atoms with Crippen molar-refractivity contribution in [2.75, 3.05) is 0 Å². The predicted octanol–water partition coefficient (Wildman–Crippen LogP) is 8.29. The van der Waals surface area contributed by atoms with Crippen molar-refractivity contribution in [3.05, 3.63) is 132 Å². The number of sulfone groups is 1. The summed E-state index contributed by atoms with van der Waals surface area (Å²) in [4.78, 5) is 0.557. The Morgan fingerprint density at radius 2 is 1.00 bits per heavy atom. The van der Waals surface area contributed by atoms with Gasteiger partial charge in [0.1, 0.15) is 11.5 Å². The quantitative estimate of drug-likeness (QED) is 0.248. The van der Waals surface area contributed by atoms with Crippen LogP contribution in [0.5, 0.6) is 11.5 Å². The molecule has 37 heavy (non-hydrogen) atoms. The van der Waals surface area contributed by atoms with Crippen LogP contribution in [-0.2, 0) is 15.3 Å². The molecule has 5 aromatic carbocycles. The Labute approximate surface area is 217 Å². The number of fused-ring (bicyclic) bond motifs is 2. The van der Waals surface area contributed by atoms with Crippen molar-refractivity contribution in [3.63, 3.8) is 0 Å². The normalized spacial score (nSPS) is 13.8. The molecule has 0 fully saturated rings. The highest BCUT2D eigenvalue weighted by Crippen LogP contribution is 2.49. The Morgan fingerprint density at radius 3 is 1.62 bits per heavy atom. The van der Waals surface area contributed by atoms with Gasteiger partial charge in [0.05, 0.1) is 9.79 Å². The lowest BCUT2D eigenvalue weighted by atomic mass is 9.75. The first-order valence-electron chi connectivity index (χ1n) is 12.3. The lowest BCUT2D eigenvalue weighted by molar-refractivity contribution is 0.418. The van der Waals surface area contributed by atoms with E-state index in [2.05, 4.69) is 50.2 Å². The molecular weight excluding hydrogens is 476 g/mol. The zero-order valence-electron chi connectivity index (χ0n) is 20.7. The first kappa shape index (κ1) is 23.3. The summed E-state index contributed by atoms with van der Waals surface area (Å²) < 4.78 is 32.9. The molecule has 1 heterocycles. The van der Waals surface area contributed by atoms with E-state index >= 15 is 0 Å². The van der Waals surface area contributed by atoms with Crippen LogP contribution in [0.3, 0.4) is 0 Å². The third kappa shape index (κ3) is 4.04. The van der Waals surface area contributed by atoms with Gasteiger partial charge >= 0.3 is 0 Å². The van der Waals surface area contributed by atoms with E-state index in [1.54, 1.807) is 42.5 Å². The highest BCUT2D eigenvalue weighted by Gasteiger charge is 2.34. The molecule has 0 saturated heterocycles. The van der Waals surface area contributed by atoms with Crippen molar-refractivity contribution in [2.24, 2.45) is 0 Å². The summed E-state index contributed by atoms with van der Waals surface area (Å²) in [5.41, 5.74) is 5.98. The summed E-state index contributed by atoms with van der Waals surface area (Å²) in [6.07, 6.45) is 0. The van der Waals surface area contributed by atoms with Gasteiger partial charge in [-0.3, -0.25) is 0 Å². The molecule has 1 aliphatic heterocycles. The molecule has 4 heteroatoms. The fraction of sp³-hybridized carbons (Fsp3) is 0.0909. The molecule has 0 unspecified atom stereocenters. The van der Waals surface area contributed by atoms with Gasteiger partial charge < -0.3 is 4.74 Å². The molecule has 5 aromatic rings. The lowest BCUT2D eigenvalue weighted by Gasteiger charge is -2.35. The molecule has 0 aliphatic carbocycles. The zero-order chi connectivity index (χ0) is 25.6. The van der Waals surface area contributed by atoms with E-state index in [9.17, 15) is 8.42 Å². The SMILES string of the molecule is CC1(C)c2ccc(-c3ccccc3)cc2Oc2cc(-c3cccc(S(=O)(=O)c4ccccc4)c3)ccc21. The van der Waals surface area contributed by atoms with E-state index in [1.165, 1.54) is 0 Å². The molecule has 0 amide bonds. The Balaban J connectivity index is 1.40. The molecular formula is C33H26O3S. The highest BCUT2D eigenvalue weighted by molar-refractivity contribution is 7.91. The fourth-order valence-electron chi connectivity index (χ4n) is 5.08. The van der Waals surface area contributed by atoms with Gasteiger partial charge in [-0.15, -0.1) is 0 Å².